The zero-order chi connectivity index (χ0) is 16.2. The minimum absolute atomic E-state index is 0.269. The van der Waals surface area contributed by atoms with Crippen molar-refractivity contribution in [3.63, 3.8) is 0 Å². The molecule has 0 bridgehead atoms. The van der Waals surface area contributed by atoms with Gasteiger partial charge in [-0.25, -0.2) is 0 Å². The number of aryl methyl sites for hydroxylation is 1. The number of aliphatic hydroxyl groups excluding tert-OH is 1. The molecule has 0 spiro atoms. The molecule has 1 fully saturated rings. The highest BCUT2D eigenvalue weighted by Gasteiger charge is 2.20. The van der Waals surface area contributed by atoms with Crippen molar-refractivity contribution >= 4 is 0 Å². The van der Waals surface area contributed by atoms with Crippen molar-refractivity contribution in [2.45, 2.75) is 26.5 Å². The molecule has 1 aromatic heterocycles. The second kappa shape index (κ2) is 7.21. The van der Waals surface area contributed by atoms with Crippen molar-refractivity contribution in [1.82, 2.24) is 19.9 Å². The molecule has 2 aromatic rings. The summed E-state index contributed by atoms with van der Waals surface area (Å²) < 4.78 is 5.41. The molecule has 1 saturated heterocycles. The highest BCUT2D eigenvalue weighted by molar-refractivity contribution is 5.58. The van der Waals surface area contributed by atoms with Crippen LogP contribution in [-0.2, 0) is 6.54 Å². The van der Waals surface area contributed by atoms with E-state index in [0.29, 0.717) is 18.3 Å². The van der Waals surface area contributed by atoms with E-state index in [0.717, 1.165) is 43.9 Å². The third kappa shape index (κ3) is 4.16. The standard InChI is InChI=1S/C17H24N4O2/c1-13-5-3-4-6-15(13)17-18-16(23-19-17)12-21-9-7-20(8-10-21)11-14(2)22/h3-6,14,22H,7-12H2,1-2H3. The maximum absolute atomic E-state index is 9.45. The third-order valence-electron chi connectivity index (χ3n) is 4.20. The zero-order valence-corrected chi connectivity index (χ0v) is 13.8. The fourth-order valence-corrected chi connectivity index (χ4v) is 2.95. The van der Waals surface area contributed by atoms with Crippen LogP contribution in [-0.4, -0.2) is 63.9 Å². The van der Waals surface area contributed by atoms with Gasteiger partial charge in [-0.1, -0.05) is 29.4 Å². The van der Waals surface area contributed by atoms with Gasteiger partial charge >= 0.3 is 0 Å². The predicted molar refractivity (Wildman–Crippen MR) is 87.9 cm³/mol. The number of nitrogens with zero attached hydrogens (tertiary/aromatic N) is 4. The maximum atomic E-state index is 9.45. The molecule has 3 rings (SSSR count). The molecule has 1 N–H and O–H groups in total. The first-order valence-corrected chi connectivity index (χ1v) is 8.13. The number of hydrogen-bond donors (Lipinski definition) is 1. The molecule has 1 atom stereocenters. The van der Waals surface area contributed by atoms with Crippen LogP contribution in [0.2, 0.25) is 0 Å². The quantitative estimate of drug-likeness (QED) is 0.903. The first kappa shape index (κ1) is 16.1. The van der Waals surface area contributed by atoms with Crippen LogP contribution in [0.1, 0.15) is 18.4 Å². The fourth-order valence-electron chi connectivity index (χ4n) is 2.95. The molecule has 2 heterocycles. The summed E-state index contributed by atoms with van der Waals surface area (Å²) in [5.74, 6) is 1.32. The van der Waals surface area contributed by atoms with Gasteiger partial charge in [-0.05, 0) is 19.4 Å². The van der Waals surface area contributed by atoms with E-state index in [1.165, 1.54) is 0 Å². The number of aromatic nitrogens is 2. The highest BCUT2D eigenvalue weighted by Crippen LogP contribution is 2.20. The highest BCUT2D eigenvalue weighted by atomic mass is 16.5. The van der Waals surface area contributed by atoms with E-state index in [1.807, 2.05) is 38.1 Å². The molecule has 6 heteroatoms. The minimum Gasteiger partial charge on any atom is -0.392 e. The Kier molecular flexibility index (Phi) is 5.05. The summed E-state index contributed by atoms with van der Waals surface area (Å²) in [6.45, 7) is 9.13. The Morgan fingerprint density at radius 1 is 1.17 bits per heavy atom. The molecule has 1 unspecified atom stereocenters. The lowest BCUT2D eigenvalue weighted by atomic mass is 10.1. The van der Waals surface area contributed by atoms with Crippen LogP contribution in [0.25, 0.3) is 11.4 Å². The van der Waals surface area contributed by atoms with Gasteiger partial charge in [0.15, 0.2) is 0 Å². The first-order chi connectivity index (χ1) is 11.1. The van der Waals surface area contributed by atoms with Gasteiger partial charge in [0, 0.05) is 38.3 Å². The molecule has 0 saturated carbocycles. The van der Waals surface area contributed by atoms with E-state index in [1.54, 1.807) is 0 Å². The van der Waals surface area contributed by atoms with Crippen molar-refractivity contribution in [3.05, 3.63) is 35.7 Å². The van der Waals surface area contributed by atoms with Gasteiger partial charge in [0.05, 0.1) is 12.6 Å². The fraction of sp³-hybridized carbons (Fsp3) is 0.529. The normalized spacial score (nSPS) is 18.2. The second-order valence-corrected chi connectivity index (χ2v) is 6.25. The minimum atomic E-state index is -0.269. The number of piperazine rings is 1. The van der Waals surface area contributed by atoms with E-state index in [9.17, 15) is 5.11 Å². The van der Waals surface area contributed by atoms with Gasteiger partial charge in [0.25, 0.3) is 0 Å². The molecule has 23 heavy (non-hydrogen) atoms. The van der Waals surface area contributed by atoms with Crippen molar-refractivity contribution < 1.29 is 9.63 Å². The van der Waals surface area contributed by atoms with Crippen LogP contribution >= 0.6 is 0 Å². The van der Waals surface area contributed by atoms with E-state index in [-0.39, 0.29) is 6.10 Å². The Labute approximate surface area is 136 Å². The van der Waals surface area contributed by atoms with Crippen LogP contribution in [0.5, 0.6) is 0 Å². The molecule has 1 aliphatic heterocycles. The van der Waals surface area contributed by atoms with Gasteiger partial charge in [-0.15, -0.1) is 0 Å². The number of benzene rings is 1. The lowest BCUT2D eigenvalue weighted by Gasteiger charge is -2.34. The summed E-state index contributed by atoms with van der Waals surface area (Å²) in [6, 6.07) is 8.05. The number of β-amino-alcohol motifs (C(OH)–C–C–N with tert-alkyl or cyclic N) is 1. The van der Waals surface area contributed by atoms with Crippen LogP contribution in [0, 0.1) is 6.92 Å². The Bertz CT molecular complexity index is 633. The smallest absolute Gasteiger partial charge is 0.241 e. The molecular formula is C17H24N4O2. The predicted octanol–water partition coefficient (Wildman–Crippen LogP) is 1.54. The van der Waals surface area contributed by atoms with Crippen LogP contribution < -0.4 is 0 Å². The largest absolute Gasteiger partial charge is 0.392 e. The Morgan fingerprint density at radius 3 is 2.57 bits per heavy atom. The van der Waals surface area contributed by atoms with Crippen molar-refractivity contribution in [1.29, 1.82) is 0 Å². The lowest BCUT2D eigenvalue weighted by Crippen LogP contribution is -2.47. The Morgan fingerprint density at radius 2 is 1.87 bits per heavy atom. The SMILES string of the molecule is Cc1ccccc1-c1noc(CN2CCN(CC(C)O)CC2)n1. The van der Waals surface area contributed by atoms with Crippen LogP contribution in [0.15, 0.2) is 28.8 Å². The second-order valence-electron chi connectivity index (χ2n) is 6.25. The van der Waals surface area contributed by atoms with E-state index in [4.69, 9.17) is 4.52 Å². The summed E-state index contributed by atoms with van der Waals surface area (Å²) in [7, 11) is 0. The lowest BCUT2D eigenvalue weighted by molar-refractivity contribution is 0.0737. The third-order valence-corrected chi connectivity index (χ3v) is 4.20. The molecule has 1 aromatic carbocycles. The van der Waals surface area contributed by atoms with Gasteiger partial charge in [0.1, 0.15) is 0 Å². The van der Waals surface area contributed by atoms with Gasteiger partial charge in [0.2, 0.25) is 11.7 Å². The molecule has 0 amide bonds. The Hall–Kier alpha value is -1.76. The summed E-state index contributed by atoms with van der Waals surface area (Å²) >= 11 is 0. The molecule has 124 valence electrons. The van der Waals surface area contributed by atoms with E-state index >= 15 is 0 Å². The monoisotopic (exact) mass is 316 g/mol. The number of hydrogen-bond acceptors (Lipinski definition) is 6. The van der Waals surface area contributed by atoms with Crippen LogP contribution in [0.4, 0.5) is 0 Å². The van der Waals surface area contributed by atoms with Crippen molar-refractivity contribution in [3.8, 4) is 11.4 Å². The Balaban J connectivity index is 1.57. The van der Waals surface area contributed by atoms with Crippen molar-refractivity contribution in [2.24, 2.45) is 0 Å². The van der Waals surface area contributed by atoms with E-state index in [2.05, 4.69) is 19.9 Å². The topological polar surface area (TPSA) is 65.6 Å². The summed E-state index contributed by atoms with van der Waals surface area (Å²) in [5, 5.41) is 13.6. The van der Waals surface area contributed by atoms with E-state index < -0.39 is 0 Å². The van der Waals surface area contributed by atoms with Gasteiger partial charge in [-0.2, -0.15) is 4.98 Å². The average Bonchev–Trinajstić information content (AvgIpc) is 2.97. The summed E-state index contributed by atoms with van der Waals surface area (Å²) in [4.78, 5) is 9.13. The number of rotatable bonds is 5. The van der Waals surface area contributed by atoms with Crippen LogP contribution in [0.3, 0.4) is 0 Å². The first-order valence-electron chi connectivity index (χ1n) is 8.13. The van der Waals surface area contributed by atoms with Crippen molar-refractivity contribution in [2.75, 3.05) is 32.7 Å². The average molecular weight is 316 g/mol. The zero-order valence-electron chi connectivity index (χ0n) is 13.8. The maximum Gasteiger partial charge on any atom is 0.241 e. The molecule has 0 aliphatic carbocycles. The molecular weight excluding hydrogens is 292 g/mol. The summed E-state index contributed by atoms with van der Waals surface area (Å²) in [6.07, 6.45) is -0.269. The molecule has 1 aliphatic rings. The molecule has 0 radical (unpaired) electrons. The van der Waals surface area contributed by atoms with Gasteiger partial charge in [-0.3, -0.25) is 9.80 Å². The molecule has 6 nitrogen and oxygen atoms in total. The summed E-state index contributed by atoms with van der Waals surface area (Å²) in [5.41, 5.74) is 2.16. The van der Waals surface area contributed by atoms with Gasteiger partial charge < -0.3 is 9.63 Å². The number of aliphatic hydroxyl groups is 1.